The summed E-state index contributed by atoms with van der Waals surface area (Å²) in [6.45, 7) is 5.31. The van der Waals surface area contributed by atoms with Crippen molar-refractivity contribution in [3.8, 4) is 5.75 Å². The van der Waals surface area contributed by atoms with Gasteiger partial charge in [0, 0.05) is 17.3 Å². The number of carbonyl (C=O) groups is 1. The zero-order chi connectivity index (χ0) is 16.9. The van der Waals surface area contributed by atoms with Crippen LogP contribution in [0.2, 0.25) is 0 Å². The van der Waals surface area contributed by atoms with Crippen LogP contribution in [0.5, 0.6) is 5.75 Å². The van der Waals surface area contributed by atoms with Gasteiger partial charge in [0.25, 0.3) is 0 Å². The molecular formula is C19H24N2O2S. The zero-order valence-corrected chi connectivity index (χ0v) is 15.1. The lowest BCUT2D eigenvalue weighted by molar-refractivity contribution is -0.135. The number of benzene rings is 1. The molecule has 1 atom stereocenters. The van der Waals surface area contributed by atoms with E-state index in [4.69, 9.17) is 4.74 Å². The smallest absolute Gasteiger partial charge is 0.226 e. The second-order valence-electron chi connectivity index (χ2n) is 6.33. The molecule has 1 fully saturated rings. The lowest BCUT2D eigenvalue weighted by Gasteiger charge is -2.28. The number of thiazole rings is 1. The molecule has 1 aromatic carbocycles. The van der Waals surface area contributed by atoms with Crippen molar-refractivity contribution in [2.24, 2.45) is 5.92 Å². The zero-order valence-electron chi connectivity index (χ0n) is 14.3. The van der Waals surface area contributed by atoms with Crippen LogP contribution in [0.1, 0.15) is 43.8 Å². The summed E-state index contributed by atoms with van der Waals surface area (Å²) < 4.78 is 5.74. The summed E-state index contributed by atoms with van der Waals surface area (Å²) in [6, 6.07) is 10.0. The third-order valence-electron chi connectivity index (χ3n) is 4.37. The summed E-state index contributed by atoms with van der Waals surface area (Å²) in [4.78, 5) is 19.1. The first kappa shape index (κ1) is 17.0. The molecule has 0 radical (unpaired) electrons. The highest BCUT2D eigenvalue weighted by molar-refractivity contribution is 7.09. The van der Waals surface area contributed by atoms with Crippen molar-refractivity contribution in [3.05, 3.63) is 46.4 Å². The third kappa shape index (κ3) is 4.35. The van der Waals surface area contributed by atoms with E-state index in [-0.39, 0.29) is 12.0 Å². The Morgan fingerprint density at radius 1 is 1.38 bits per heavy atom. The predicted molar refractivity (Wildman–Crippen MR) is 95.9 cm³/mol. The monoisotopic (exact) mass is 344 g/mol. The molecule has 0 N–H and O–H groups in total. The van der Waals surface area contributed by atoms with Crippen LogP contribution in [0.4, 0.5) is 0 Å². The fourth-order valence-electron chi connectivity index (χ4n) is 2.56. The van der Waals surface area contributed by atoms with Gasteiger partial charge >= 0.3 is 0 Å². The van der Waals surface area contributed by atoms with Gasteiger partial charge in [-0.05, 0) is 38.3 Å². The van der Waals surface area contributed by atoms with E-state index in [1.165, 1.54) is 0 Å². The van der Waals surface area contributed by atoms with E-state index in [2.05, 4.69) is 18.8 Å². The molecule has 0 saturated heterocycles. The highest BCUT2D eigenvalue weighted by Gasteiger charge is 2.35. The Hall–Kier alpha value is -1.88. The fraction of sp³-hybridized carbons (Fsp3) is 0.474. The van der Waals surface area contributed by atoms with E-state index in [1.54, 1.807) is 11.3 Å². The second kappa shape index (κ2) is 7.79. The van der Waals surface area contributed by atoms with Gasteiger partial charge in [0.1, 0.15) is 17.4 Å². The highest BCUT2D eigenvalue weighted by atomic mass is 32.1. The van der Waals surface area contributed by atoms with Crippen LogP contribution >= 0.6 is 11.3 Å². The SMILES string of the molecule is CC[C@H](C)N(Cc1csc(COc2ccccc2)n1)C(=O)C1CC1. The van der Waals surface area contributed by atoms with Crippen LogP contribution in [0.3, 0.4) is 0 Å². The van der Waals surface area contributed by atoms with Gasteiger partial charge in [0.05, 0.1) is 12.2 Å². The topological polar surface area (TPSA) is 42.4 Å². The van der Waals surface area contributed by atoms with Gasteiger partial charge in [0.15, 0.2) is 0 Å². The summed E-state index contributed by atoms with van der Waals surface area (Å²) in [5.74, 6) is 1.39. The Labute approximate surface area is 147 Å². The first-order chi connectivity index (χ1) is 11.7. The van der Waals surface area contributed by atoms with Crippen LogP contribution in [-0.4, -0.2) is 21.8 Å². The van der Waals surface area contributed by atoms with Crippen LogP contribution in [0.15, 0.2) is 35.7 Å². The number of hydrogen-bond donors (Lipinski definition) is 0. The standard InChI is InChI=1S/C19H24N2O2S/c1-3-14(2)21(19(22)15-9-10-15)11-16-13-24-18(20-16)12-23-17-7-5-4-6-8-17/h4-8,13-15H,3,9-12H2,1-2H3/t14-/m0/s1. The van der Waals surface area contributed by atoms with Crippen molar-refractivity contribution in [2.75, 3.05) is 0 Å². The molecule has 1 aliphatic rings. The molecular weight excluding hydrogens is 320 g/mol. The van der Waals surface area contributed by atoms with E-state index >= 15 is 0 Å². The van der Waals surface area contributed by atoms with E-state index < -0.39 is 0 Å². The van der Waals surface area contributed by atoms with Crippen LogP contribution in [0.25, 0.3) is 0 Å². The number of para-hydroxylation sites is 1. The maximum Gasteiger partial charge on any atom is 0.226 e. The van der Waals surface area contributed by atoms with Crippen LogP contribution < -0.4 is 4.74 Å². The molecule has 0 unspecified atom stereocenters. The lowest BCUT2D eigenvalue weighted by Crippen LogP contribution is -2.38. The number of nitrogens with zero attached hydrogens (tertiary/aromatic N) is 2. The quantitative estimate of drug-likeness (QED) is 0.718. The summed E-state index contributed by atoms with van der Waals surface area (Å²) >= 11 is 1.59. The highest BCUT2D eigenvalue weighted by Crippen LogP contribution is 2.32. The molecule has 0 bridgehead atoms. The van der Waals surface area contributed by atoms with Crippen molar-refractivity contribution < 1.29 is 9.53 Å². The van der Waals surface area contributed by atoms with E-state index in [0.717, 1.165) is 35.7 Å². The molecule has 1 aliphatic carbocycles. The molecule has 1 amide bonds. The number of rotatable bonds is 8. The maximum atomic E-state index is 12.5. The van der Waals surface area contributed by atoms with Gasteiger partial charge in [-0.1, -0.05) is 25.1 Å². The minimum Gasteiger partial charge on any atom is -0.486 e. The van der Waals surface area contributed by atoms with Gasteiger partial charge in [-0.3, -0.25) is 4.79 Å². The Morgan fingerprint density at radius 2 is 2.12 bits per heavy atom. The largest absolute Gasteiger partial charge is 0.486 e. The lowest BCUT2D eigenvalue weighted by atomic mass is 10.2. The van der Waals surface area contributed by atoms with Gasteiger partial charge in [-0.15, -0.1) is 11.3 Å². The average Bonchev–Trinajstić information content (AvgIpc) is 3.37. The summed E-state index contributed by atoms with van der Waals surface area (Å²) in [5.41, 5.74) is 0.959. The second-order valence-corrected chi connectivity index (χ2v) is 7.27. The van der Waals surface area contributed by atoms with Crippen LogP contribution in [-0.2, 0) is 17.9 Å². The molecule has 0 aliphatic heterocycles. The minimum atomic E-state index is 0.249. The van der Waals surface area contributed by atoms with E-state index in [0.29, 0.717) is 19.1 Å². The van der Waals surface area contributed by atoms with Gasteiger partial charge in [0.2, 0.25) is 5.91 Å². The van der Waals surface area contributed by atoms with E-state index in [9.17, 15) is 4.79 Å². The molecule has 2 aromatic rings. The first-order valence-electron chi connectivity index (χ1n) is 8.59. The molecule has 5 heteroatoms. The average molecular weight is 344 g/mol. The minimum absolute atomic E-state index is 0.249. The van der Waals surface area contributed by atoms with Crippen molar-refractivity contribution in [1.29, 1.82) is 0 Å². The Balaban J connectivity index is 1.60. The molecule has 0 spiro atoms. The number of carbonyl (C=O) groups excluding carboxylic acids is 1. The van der Waals surface area contributed by atoms with Gasteiger partial charge in [-0.2, -0.15) is 0 Å². The number of hydrogen-bond acceptors (Lipinski definition) is 4. The molecule has 3 rings (SSSR count). The Morgan fingerprint density at radius 3 is 2.79 bits per heavy atom. The maximum absolute atomic E-state index is 12.5. The normalized spacial score (nSPS) is 15.1. The Kier molecular flexibility index (Phi) is 5.51. The first-order valence-corrected chi connectivity index (χ1v) is 9.47. The van der Waals surface area contributed by atoms with Crippen LogP contribution in [0, 0.1) is 5.92 Å². The molecule has 4 nitrogen and oxygen atoms in total. The number of aromatic nitrogens is 1. The summed E-state index contributed by atoms with van der Waals surface area (Å²) in [6.07, 6.45) is 3.05. The summed E-state index contributed by atoms with van der Waals surface area (Å²) in [7, 11) is 0. The molecule has 24 heavy (non-hydrogen) atoms. The third-order valence-corrected chi connectivity index (χ3v) is 5.24. The molecule has 1 aromatic heterocycles. The van der Waals surface area contributed by atoms with Crippen molar-refractivity contribution in [3.63, 3.8) is 0 Å². The van der Waals surface area contributed by atoms with E-state index in [1.807, 2.05) is 40.6 Å². The van der Waals surface area contributed by atoms with Gasteiger partial charge in [-0.25, -0.2) is 4.98 Å². The van der Waals surface area contributed by atoms with Crippen molar-refractivity contribution in [2.45, 2.75) is 52.3 Å². The molecule has 128 valence electrons. The summed E-state index contributed by atoms with van der Waals surface area (Å²) in [5, 5.41) is 2.98. The van der Waals surface area contributed by atoms with Gasteiger partial charge < -0.3 is 9.64 Å². The Bertz CT molecular complexity index is 667. The number of amides is 1. The number of ether oxygens (including phenoxy) is 1. The van der Waals surface area contributed by atoms with Crippen molar-refractivity contribution >= 4 is 17.2 Å². The molecule has 1 heterocycles. The predicted octanol–water partition coefficient (Wildman–Crippen LogP) is 4.26. The fourth-order valence-corrected chi connectivity index (χ4v) is 3.26. The molecule has 1 saturated carbocycles. The van der Waals surface area contributed by atoms with Crippen molar-refractivity contribution in [1.82, 2.24) is 9.88 Å².